The molecule has 0 bridgehead atoms. The van der Waals surface area contributed by atoms with Crippen molar-refractivity contribution in [1.82, 2.24) is 0 Å². The molecule has 0 aliphatic carbocycles. The molecule has 2 N–H and O–H groups in total. The summed E-state index contributed by atoms with van der Waals surface area (Å²) in [6.07, 6.45) is 0.658. The topological polar surface area (TPSA) is 40.5 Å². The minimum atomic E-state index is -0.187. The number of hydrogen-bond donors (Lipinski definition) is 2. The number of halogens is 1. The highest BCUT2D eigenvalue weighted by Gasteiger charge is 2.32. The van der Waals surface area contributed by atoms with Crippen molar-refractivity contribution in [2.75, 3.05) is 13.2 Å². The molecule has 0 spiro atoms. The van der Waals surface area contributed by atoms with E-state index in [0.717, 1.165) is 10.0 Å². The maximum Gasteiger partial charge on any atom is 0.0465 e. The van der Waals surface area contributed by atoms with Gasteiger partial charge in [-0.2, -0.15) is 0 Å². The minimum Gasteiger partial charge on any atom is -0.396 e. The summed E-state index contributed by atoms with van der Waals surface area (Å²) in [4.78, 5) is 0. The number of hydrogen-bond acceptors (Lipinski definition) is 2. The van der Waals surface area contributed by atoms with Crippen LogP contribution >= 0.6 is 15.9 Å². The van der Waals surface area contributed by atoms with Crippen LogP contribution < -0.4 is 0 Å². The van der Waals surface area contributed by atoms with Crippen molar-refractivity contribution >= 4 is 15.9 Å². The summed E-state index contributed by atoms with van der Waals surface area (Å²) in [6.45, 7) is 4.36. The fourth-order valence-corrected chi connectivity index (χ4v) is 2.35. The van der Waals surface area contributed by atoms with Crippen molar-refractivity contribution in [2.45, 2.75) is 25.7 Å². The Kier molecular flexibility index (Phi) is 4.96. The fraction of sp³-hybridized carbons (Fsp3) is 0.538. The average molecular weight is 287 g/mol. The van der Waals surface area contributed by atoms with Crippen LogP contribution in [0.5, 0.6) is 0 Å². The van der Waals surface area contributed by atoms with Crippen LogP contribution in [-0.4, -0.2) is 23.4 Å². The van der Waals surface area contributed by atoms with Gasteiger partial charge in [-0.1, -0.05) is 41.9 Å². The molecule has 0 aliphatic rings. The van der Waals surface area contributed by atoms with E-state index in [2.05, 4.69) is 28.9 Å². The highest BCUT2D eigenvalue weighted by atomic mass is 79.9. The zero-order valence-electron chi connectivity index (χ0n) is 9.78. The molecule has 0 radical (unpaired) electrons. The Hall–Kier alpha value is -0.380. The molecular formula is C13H19BrO2. The van der Waals surface area contributed by atoms with Crippen LogP contribution in [0.2, 0.25) is 0 Å². The maximum absolute atomic E-state index is 9.33. The molecule has 2 nitrogen and oxygen atoms in total. The zero-order valence-corrected chi connectivity index (χ0v) is 11.4. The van der Waals surface area contributed by atoms with Crippen LogP contribution in [0.15, 0.2) is 28.7 Å². The van der Waals surface area contributed by atoms with Gasteiger partial charge in [0.05, 0.1) is 0 Å². The Morgan fingerprint density at radius 2 is 2.06 bits per heavy atom. The monoisotopic (exact) mass is 286 g/mol. The van der Waals surface area contributed by atoms with Gasteiger partial charge in [0.1, 0.15) is 0 Å². The third kappa shape index (κ3) is 2.84. The molecule has 3 heteroatoms. The second-order valence-corrected chi connectivity index (χ2v) is 5.40. The molecule has 2 unspecified atom stereocenters. The molecule has 0 fully saturated rings. The lowest BCUT2D eigenvalue weighted by Gasteiger charge is -2.35. The van der Waals surface area contributed by atoms with Gasteiger partial charge in [0.25, 0.3) is 0 Å². The molecule has 90 valence electrons. The molecule has 0 saturated heterocycles. The number of aliphatic hydroxyl groups excluding tert-OH is 2. The quantitative estimate of drug-likeness (QED) is 0.874. The Morgan fingerprint density at radius 1 is 1.38 bits per heavy atom. The predicted molar refractivity (Wildman–Crippen MR) is 69.4 cm³/mol. The first kappa shape index (κ1) is 13.7. The van der Waals surface area contributed by atoms with Crippen LogP contribution in [0.25, 0.3) is 0 Å². The summed E-state index contributed by atoms with van der Waals surface area (Å²) in [5.74, 6) is 0.119. The Labute approximate surface area is 105 Å². The van der Waals surface area contributed by atoms with E-state index in [1.54, 1.807) is 0 Å². The number of benzene rings is 1. The van der Waals surface area contributed by atoms with Gasteiger partial charge >= 0.3 is 0 Å². The van der Waals surface area contributed by atoms with E-state index < -0.39 is 0 Å². The first-order valence-electron chi connectivity index (χ1n) is 5.52. The van der Waals surface area contributed by atoms with Crippen LogP contribution in [0.1, 0.15) is 25.8 Å². The maximum atomic E-state index is 9.33. The minimum absolute atomic E-state index is 0.119. The lowest BCUT2D eigenvalue weighted by Crippen LogP contribution is -2.33. The third-order valence-electron chi connectivity index (χ3n) is 3.48. The van der Waals surface area contributed by atoms with Gasteiger partial charge in [-0.3, -0.25) is 0 Å². The van der Waals surface area contributed by atoms with E-state index in [9.17, 15) is 10.2 Å². The van der Waals surface area contributed by atoms with Crippen molar-refractivity contribution in [3.63, 3.8) is 0 Å². The first-order chi connectivity index (χ1) is 7.54. The SMILES string of the molecule is CC(CO)C(C)(CCO)c1cccc(Br)c1. The lowest BCUT2D eigenvalue weighted by atomic mass is 9.71. The molecule has 0 heterocycles. The molecule has 1 rings (SSSR count). The van der Waals surface area contributed by atoms with Crippen LogP contribution in [0, 0.1) is 5.92 Å². The molecule has 1 aromatic rings. The van der Waals surface area contributed by atoms with E-state index >= 15 is 0 Å². The Bertz CT molecular complexity index is 340. The van der Waals surface area contributed by atoms with Gasteiger partial charge in [0.2, 0.25) is 0 Å². The van der Waals surface area contributed by atoms with Crippen molar-refractivity contribution in [1.29, 1.82) is 0 Å². The van der Waals surface area contributed by atoms with Gasteiger partial charge in [0.15, 0.2) is 0 Å². The smallest absolute Gasteiger partial charge is 0.0465 e. The van der Waals surface area contributed by atoms with Gasteiger partial charge in [-0.25, -0.2) is 0 Å². The van der Waals surface area contributed by atoms with E-state index in [1.807, 2.05) is 25.1 Å². The molecular weight excluding hydrogens is 268 g/mol. The second-order valence-electron chi connectivity index (χ2n) is 4.49. The lowest BCUT2D eigenvalue weighted by molar-refractivity contribution is 0.141. The Balaban J connectivity index is 3.10. The normalized spacial score (nSPS) is 16.8. The van der Waals surface area contributed by atoms with Crippen molar-refractivity contribution in [3.8, 4) is 0 Å². The Morgan fingerprint density at radius 3 is 2.56 bits per heavy atom. The average Bonchev–Trinajstić information content (AvgIpc) is 2.28. The summed E-state index contributed by atoms with van der Waals surface area (Å²) in [7, 11) is 0. The summed E-state index contributed by atoms with van der Waals surface area (Å²) in [5, 5.41) is 18.5. The molecule has 0 aromatic heterocycles. The number of aliphatic hydroxyl groups is 2. The molecule has 0 amide bonds. The standard InChI is InChI=1S/C13H19BrO2/c1-10(9-16)13(2,6-7-15)11-4-3-5-12(14)8-11/h3-5,8,10,15-16H,6-7,9H2,1-2H3. The summed E-state index contributed by atoms with van der Waals surface area (Å²) >= 11 is 3.45. The molecule has 0 aliphatic heterocycles. The van der Waals surface area contributed by atoms with Crippen molar-refractivity contribution in [3.05, 3.63) is 34.3 Å². The van der Waals surface area contributed by atoms with Gasteiger partial charge in [0, 0.05) is 17.7 Å². The third-order valence-corrected chi connectivity index (χ3v) is 3.97. The summed E-state index contributed by atoms with van der Waals surface area (Å²) in [5.41, 5.74) is 0.963. The largest absolute Gasteiger partial charge is 0.396 e. The highest BCUT2D eigenvalue weighted by Crippen LogP contribution is 2.36. The van der Waals surface area contributed by atoms with Gasteiger partial charge in [-0.05, 0) is 35.4 Å². The van der Waals surface area contributed by atoms with Gasteiger partial charge in [-0.15, -0.1) is 0 Å². The molecule has 0 saturated carbocycles. The van der Waals surface area contributed by atoms with E-state index in [4.69, 9.17) is 0 Å². The molecule has 1 aromatic carbocycles. The highest BCUT2D eigenvalue weighted by molar-refractivity contribution is 9.10. The van der Waals surface area contributed by atoms with Crippen LogP contribution in [0.4, 0.5) is 0 Å². The first-order valence-corrected chi connectivity index (χ1v) is 6.31. The van der Waals surface area contributed by atoms with Crippen molar-refractivity contribution in [2.24, 2.45) is 5.92 Å². The number of rotatable bonds is 5. The molecule has 16 heavy (non-hydrogen) atoms. The van der Waals surface area contributed by atoms with Crippen molar-refractivity contribution < 1.29 is 10.2 Å². The predicted octanol–water partition coefficient (Wildman–Crippen LogP) is 2.72. The summed E-state index contributed by atoms with van der Waals surface area (Å²) < 4.78 is 1.03. The van der Waals surface area contributed by atoms with E-state index in [1.165, 1.54) is 0 Å². The van der Waals surface area contributed by atoms with Crippen LogP contribution in [0.3, 0.4) is 0 Å². The van der Waals surface area contributed by atoms with E-state index in [0.29, 0.717) is 6.42 Å². The summed E-state index contributed by atoms with van der Waals surface area (Å²) in [6, 6.07) is 8.07. The zero-order chi connectivity index (χ0) is 12.2. The second kappa shape index (κ2) is 5.80. The van der Waals surface area contributed by atoms with E-state index in [-0.39, 0.29) is 24.5 Å². The van der Waals surface area contributed by atoms with Gasteiger partial charge < -0.3 is 10.2 Å². The van der Waals surface area contributed by atoms with Crippen LogP contribution in [-0.2, 0) is 5.41 Å². The molecule has 2 atom stereocenters. The fourth-order valence-electron chi connectivity index (χ4n) is 1.95.